The molecule has 1 saturated heterocycles. The van der Waals surface area contributed by atoms with Crippen molar-refractivity contribution >= 4 is 17.7 Å². The molecule has 1 fully saturated rings. The molecule has 1 aliphatic rings. The molecule has 0 atom stereocenters. The van der Waals surface area contributed by atoms with E-state index in [0.717, 1.165) is 31.7 Å². The van der Waals surface area contributed by atoms with E-state index in [2.05, 4.69) is 15.2 Å². The molecule has 0 bridgehead atoms. The molecule has 2 heterocycles. The number of unbranched alkanes of at least 4 members (excludes halogenated alkanes) is 1. The lowest BCUT2D eigenvalue weighted by Gasteiger charge is -2.19. The molecule has 1 aromatic heterocycles. The van der Waals surface area contributed by atoms with Crippen molar-refractivity contribution < 1.29 is 14.3 Å². The van der Waals surface area contributed by atoms with Crippen LogP contribution in [0.25, 0.3) is 0 Å². The first kappa shape index (κ1) is 19.2. The van der Waals surface area contributed by atoms with Gasteiger partial charge in [-0.25, -0.2) is 9.78 Å². The number of alkyl carbamates (subject to hydrolysis) is 1. The number of anilines is 1. The Morgan fingerprint density at radius 3 is 2.52 bits per heavy atom. The third-order valence-electron chi connectivity index (χ3n) is 4.00. The number of rotatable bonds is 7. The average molecular weight is 347 g/mol. The van der Waals surface area contributed by atoms with Gasteiger partial charge in [0, 0.05) is 37.8 Å². The van der Waals surface area contributed by atoms with E-state index in [4.69, 9.17) is 4.74 Å². The average Bonchev–Trinajstić information content (AvgIpc) is 3.07. The van der Waals surface area contributed by atoms with Crippen molar-refractivity contribution in [3.05, 3.63) is 23.9 Å². The lowest BCUT2D eigenvalue weighted by atomic mass is 10.1. The van der Waals surface area contributed by atoms with Crippen LogP contribution >= 0.6 is 0 Å². The van der Waals surface area contributed by atoms with Crippen LogP contribution in [-0.4, -0.2) is 42.1 Å². The molecule has 0 radical (unpaired) electrons. The number of nitrogens with one attached hydrogen (secondary N) is 1. The minimum Gasteiger partial charge on any atom is -0.444 e. The number of amides is 1. The third kappa shape index (κ3) is 6.72. The first-order valence-electron chi connectivity index (χ1n) is 9.06. The number of hydrogen-bond donors (Lipinski definition) is 1. The molecule has 6 nitrogen and oxygen atoms in total. The summed E-state index contributed by atoms with van der Waals surface area (Å²) in [5.74, 6) is 1.05. The van der Waals surface area contributed by atoms with Gasteiger partial charge in [0.1, 0.15) is 11.4 Å². The Kier molecular flexibility index (Phi) is 6.79. The largest absolute Gasteiger partial charge is 0.444 e. The SMILES string of the molecule is CC(C)(C)OC(=O)NCCCCC(=O)c1ccc(N2CCCC2)nc1. The molecule has 2 rings (SSSR count). The van der Waals surface area contributed by atoms with Crippen LogP contribution in [0.1, 0.15) is 63.2 Å². The zero-order valence-corrected chi connectivity index (χ0v) is 15.5. The Morgan fingerprint density at radius 1 is 1.20 bits per heavy atom. The predicted molar refractivity (Wildman–Crippen MR) is 98.1 cm³/mol. The Hall–Kier alpha value is -2.11. The van der Waals surface area contributed by atoms with Gasteiger partial charge in [-0.15, -0.1) is 0 Å². The number of hydrogen-bond acceptors (Lipinski definition) is 5. The molecule has 25 heavy (non-hydrogen) atoms. The smallest absolute Gasteiger partial charge is 0.407 e. The molecule has 1 N–H and O–H groups in total. The van der Waals surface area contributed by atoms with Crippen LogP contribution in [0.2, 0.25) is 0 Å². The van der Waals surface area contributed by atoms with Gasteiger partial charge in [0.05, 0.1) is 0 Å². The maximum Gasteiger partial charge on any atom is 0.407 e. The molecule has 6 heteroatoms. The highest BCUT2D eigenvalue weighted by molar-refractivity contribution is 5.95. The highest BCUT2D eigenvalue weighted by atomic mass is 16.6. The molecule has 1 amide bonds. The number of nitrogens with zero attached hydrogens (tertiary/aromatic N) is 2. The first-order valence-corrected chi connectivity index (χ1v) is 9.06. The van der Waals surface area contributed by atoms with Crippen LogP contribution in [0.5, 0.6) is 0 Å². The fraction of sp³-hybridized carbons (Fsp3) is 0.632. The topological polar surface area (TPSA) is 71.5 Å². The number of ketones is 1. The summed E-state index contributed by atoms with van der Waals surface area (Å²) in [6.07, 6.45) is 5.60. The van der Waals surface area contributed by atoms with E-state index in [1.54, 1.807) is 6.20 Å². The summed E-state index contributed by atoms with van der Waals surface area (Å²) >= 11 is 0. The van der Waals surface area contributed by atoms with Gasteiger partial charge in [0.25, 0.3) is 0 Å². The minimum atomic E-state index is -0.492. The summed E-state index contributed by atoms with van der Waals surface area (Å²) in [6, 6.07) is 3.80. The highest BCUT2D eigenvalue weighted by Crippen LogP contribution is 2.18. The van der Waals surface area contributed by atoms with Crippen molar-refractivity contribution in [2.75, 3.05) is 24.5 Å². The van der Waals surface area contributed by atoms with Crippen LogP contribution in [0.3, 0.4) is 0 Å². The van der Waals surface area contributed by atoms with Crippen molar-refractivity contribution in [1.82, 2.24) is 10.3 Å². The standard InChI is InChI=1S/C19H29N3O3/c1-19(2,3)25-18(24)20-11-5-4-8-16(23)15-9-10-17(21-14-15)22-12-6-7-13-22/h9-10,14H,4-8,11-13H2,1-3H3,(H,20,24). The molecule has 138 valence electrons. The molecular weight excluding hydrogens is 318 g/mol. The number of carbonyl (C=O) groups excluding carboxylic acids is 2. The van der Waals surface area contributed by atoms with E-state index in [0.29, 0.717) is 18.5 Å². The normalized spacial score (nSPS) is 14.4. The second-order valence-electron chi connectivity index (χ2n) is 7.41. The molecule has 1 aliphatic heterocycles. The lowest BCUT2D eigenvalue weighted by molar-refractivity contribution is 0.0527. The molecule has 0 aromatic carbocycles. The van der Waals surface area contributed by atoms with Crippen LogP contribution in [0.4, 0.5) is 10.6 Å². The fourth-order valence-electron chi connectivity index (χ4n) is 2.74. The van der Waals surface area contributed by atoms with E-state index in [-0.39, 0.29) is 5.78 Å². The summed E-state index contributed by atoms with van der Waals surface area (Å²) in [4.78, 5) is 30.4. The summed E-state index contributed by atoms with van der Waals surface area (Å²) in [5, 5.41) is 2.70. The summed E-state index contributed by atoms with van der Waals surface area (Å²) in [5.41, 5.74) is 0.164. The van der Waals surface area contributed by atoms with Crippen LogP contribution in [0.15, 0.2) is 18.3 Å². The Bertz CT molecular complexity index is 573. The van der Waals surface area contributed by atoms with Gasteiger partial charge in [-0.1, -0.05) is 0 Å². The molecular formula is C19H29N3O3. The van der Waals surface area contributed by atoms with Gasteiger partial charge in [-0.3, -0.25) is 4.79 Å². The van der Waals surface area contributed by atoms with Crippen molar-refractivity contribution in [1.29, 1.82) is 0 Å². The van der Waals surface area contributed by atoms with Gasteiger partial charge in [-0.2, -0.15) is 0 Å². The van der Waals surface area contributed by atoms with Gasteiger partial charge in [-0.05, 0) is 58.6 Å². The van der Waals surface area contributed by atoms with Gasteiger partial charge in [0.15, 0.2) is 5.78 Å². The van der Waals surface area contributed by atoms with E-state index in [9.17, 15) is 9.59 Å². The summed E-state index contributed by atoms with van der Waals surface area (Å²) in [7, 11) is 0. The molecule has 0 aliphatic carbocycles. The van der Waals surface area contributed by atoms with Crippen LogP contribution in [0, 0.1) is 0 Å². The minimum absolute atomic E-state index is 0.0951. The zero-order chi connectivity index (χ0) is 18.3. The third-order valence-corrected chi connectivity index (χ3v) is 4.00. The number of carbonyl (C=O) groups is 2. The first-order chi connectivity index (χ1) is 11.8. The quantitative estimate of drug-likeness (QED) is 0.603. The molecule has 1 aromatic rings. The number of pyridine rings is 1. The Balaban J connectivity index is 1.65. The number of Topliss-reactive ketones (excluding diaryl/α,β-unsaturated/α-hetero) is 1. The van der Waals surface area contributed by atoms with Gasteiger partial charge in [0.2, 0.25) is 0 Å². The van der Waals surface area contributed by atoms with E-state index < -0.39 is 11.7 Å². The maximum absolute atomic E-state index is 12.2. The van der Waals surface area contributed by atoms with E-state index in [1.165, 1.54) is 12.8 Å². The van der Waals surface area contributed by atoms with Crippen LogP contribution in [-0.2, 0) is 4.74 Å². The van der Waals surface area contributed by atoms with E-state index in [1.807, 2.05) is 32.9 Å². The Labute approximate surface area is 150 Å². The van der Waals surface area contributed by atoms with Crippen molar-refractivity contribution in [2.24, 2.45) is 0 Å². The molecule has 0 saturated carbocycles. The maximum atomic E-state index is 12.2. The number of aromatic nitrogens is 1. The zero-order valence-electron chi connectivity index (χ0n) is 15.5. The number of ether oxygens (including phenoxy) is 1. The van der Waals surface area contributed by atoms with E-state index >= 15 is 0 Å². The summed E-state index contributed by atoms with van der Waals surface area (Å²) < 4.78 is 5.16. The monoisotopic (exact) mass is 347 g/mol. The highest BCUT2D eigenvalue weighted by Gasteiger charge is 2.16. The van der Waals surface area contributed by atoms with Gasteiger partial charge >= 0.3 is 6.09 Å². The van der Waals surface area contributed by atoms with Crippen molar-refractivity contribution in [2.45, 2.75) is 58.5 Å². The predicted octanol–water partition coefficient (Wildman–Crippen LogP) is 3.56. The van der Waals surface area contributed by atoms with Gasteiger partial charge < -0.3 is 15.0 Å². The molecule has 0 unspecified atom stereocenters. The van der Waals surface area contributed by atoms with Crippen LogP contribution < -0.4 is 10.2 Å². The molecule has 0 spiro atoms. The summed E-state index contributed by atoms with van der Waals surface area (Å²) in [6.45, 7) is 8.08. The second-order valence-corrected chi connectivity index (χ2v) is 7.41. The fourth-order valence-corrected chi connectivity index (χ4v) is 2.74. The Morgan fingerprint density at radius 2 is 1.92 bits per heavy atom. The lowest BCUT2D eigenvalue weighted by Crippen LogP contribution is -2.33. The van der Waals surface area contributed by atoms with Crippen molar-refractivity contribution in [3.63, 3.8) is 0 Å². The second kappa shape index (κ2) is 8.83. The van der Waals surface area contributed by atoms with Crippen molar-refractivity contribution in [3.8, 4) is 0 Å².